The summed E-state index contributed by atoms with van der Waals surface area (Å²) >= 11 is 6.55. The molecule has 14 heteroatoms. The topological polar surface area (TPSA) is 142 Å². The molecule has 1 aromatic heterocycles. The Balaban J connectivity index is 0.833. The molecule has 2 fully saturated rings. The number of fused-ring (bicyclic) bond motifs is 1. The van der Waals surface area contributed by atoms with Crippen LogP contribution in [0.15, 0.2) is 66.9 Å². The molecule has 316 valence electrons. The van der Waals surface area contributed by atoms with Crippen molar-refractivity contribution in [2.45, 2.75) is 83.2 Å². The first-order valence-corrected chi connectivity index (χ1v) is 24.0. The van der Waals surface area contributed by atoms with Gasteiger partial charge in [0.15, 0.2) is 0 Å². The Kier molecular flexibility index (Phi) is 13.7. The summed E-state index contributed by atoms with van der Waals surface area (Å²) in [4.78, 5) is 65.6. The molecule has 3 aromatic carbocycles. The average Bonchev–Trinajstić information content (AvgIpc) is 3.57. The highest BCUT2D eigenvalue weighted by Gasteiger charge is 2.39. The summed E-state index contributed by atoms with van der Waals surface area (Å²) in [6.45, 7) is 6.76. The van der Waals surface area contributed by atoms with E-state index in [-0.39, 0.29) is 24.1 Å². The molecular weight excluding hydrogens is 799 g/mol. The lowest BCUT2D eigenvalue weighted by Gasteiger charge is -2.36. The summed E-state index contributed by atoms with van der Waals surface area (Å²) in [5.41, 5.74) is 6.43. The third-order valence-electron chi connectivity index (χ3n) is 11.9. The molecule has 0 bridgehead atoms. The van der Waals surface area contributed by atoms with Crippen molar-refractivity contribution in [1.29, 1.82) is 0 Å². The first-order valence-electron chi connectivity index (χ1n) is 21.0. The van der Waals surface area contributed by atoms with E-state index in [0.717, 1.165) is 90.6 Å². The Hall–Kier alpha value is -5.06. The summed E-state index contributed by atoms with van der Waals surface area (Å²) in [6, 6.07) is 19.1. The van der Waals surface area contributed by atoms with Crippen molar-refractivity contribution in [3.8, 4) is 5.75 Å². The van der Waals surface area contributed by atoms with Crippen molar-refractivity contribution in [1.82, 2.24) is 25.1 Å². The first kappa shape index (κ1) is 43.0. The zero-order valence-corrected chi connectivity index (χ0v) is 36.4. The van der Waals surface area contributed by atoms with E-state index < -0.39 is 19.1 Å². The molecule has 4 aromatic rings. The zero-order chi connectivity index (χ0) is 42.4. The molecule has 1 unspecified atom stereocenters. The zero-order valence-electron chi connectivity index (χ0n) is 34.8. The maximum atomic E-state index is 13.1. The van der Waals surface area contributed by atoms with Crippen LogP contribution in [-0.2, 0) is 44.8 Å². The van der Waals surface area contributed by atoms with Crippen molar-refractivity contribution in [2.24, 2.45) is 0 Å². The number of nitrogens with zero attached hydrogens (tertiary/aromatic N) is 5. The number of piperidine rings is 1. The quantitative estimate of drug-likeness (QED) is 0.0754. The number of aryl methyl sites for hydroxylation is 1. The Morgan fingerprint density at radius 3 is 2.42 bits per heavy atom. The van der Waals surface area contributed by atoms with Gasteiger partial charge < -0.3 is 24.0 Å². The van der Waals surface area contributed by atoms with Gasteiger partial charge in [0.25, 0.3) is 5.91 Å². The van der Waals surface area contributed by atoms with Crippen molar-refractivity contribution < 1.29 is 28.5 Å². The molecule has 3 aliphatic rings. The van der Waals surface area contributed by atoms with Crippen LogP contribution in [0, 0.1) is 0 Å². The van der Waals surface area contributed by atoms with Crippen LogP contribution >= 0.6 is 18.7 Å². The van der Waals surface area contributed by atoms with Crippen molar-refractivity contribution >= 4 is 53.4 Å². The van der Waals surface area contributed by atoms with E-state index in [9.17, 15) is 23.7 Å². The number of aromatic nitrogens is 2. The predicted octanol–water partition coefficient (Wildman–Crippen LogP) is 6.56. The minimum Gasteiger partial charge on any atom is -0.496 e. The number of anilines is 1. The molecule has 60 heavy (non-hydrogen) atoms. The summed E-state index contributed by atoms with van der Waals surface area (Å²) in [5, 5.41) is 3.67. The van der Waals surface area contributed by atoms with Crippen LogP contribution < -0.4 is 20.3 Å². The second kappa shape index (κ2) is 19.1. The van der Waals surface area contributed by atoms with Crippen molar-refractivity contribution in [3.63, 3.8) is 0 Å². The molecule has 0 saturated carbocycles. The molecule has 0 spiro atoms. The lowest BCUT2D eigenvalue weighted by Crippen LogP contribution is -2.52. The third-order valence-corrected chi connectivity index (χ3v) is 13.8. The minimum atomic E-state index is -2.48. The van der Waals surface area contributed by atoms with Gasteiger partial charge in [-0.15, -0.1) is 0 Å². The van der Waals surface area contributed by atoms with Gasteiger partial charge in [-0.2, -0.15) is 0 Å². The van der Waals surface area contributed by atoms with Crippen LogP contribution in [0.5, 0.6) is 5.75 Å². The molecule has 3 aliphatic heterocycles. The van der Waals surface area contributed by atoms with Gasteiger partial charge in [0, 0.05) is 92.8 Å². The van der Waals surface area contributed by atoms with E-state index in [1.807, 2.05) is 53.4 Å². The van der Waals surface area contributed by atoms with Gasteiger partial charge in [-0.1, -0.05) is 73.3 Å². The van der Waals surface area contributed by atoms with E-state index >= 15 is 0 Å². The highest BCUT2D eigenvalue weighted by molar-refractivity contribution is 7.70. The number of hydrogen-bond donors (Lipinski definition) is 1. The minimum absolute atomic E-state index is 0.138. The molecular formula is C46H54ClN6O6P. The van der Waals surface area contributed by atoms with Crippen LogP contribution in [-0.4, -0.2) is 96.1 Å². The van der Waals surface area contributed by atoms with Crippen LogP contribution in [0.2, 0.25) is 5.02 Å². The van der Waals surface area contributed by atoms with E-state index in [4.69, 9.17) is 21.3 Å². The fourth-order valence-corrected chi connectivity index (χ4v) is 10.1. The van der Waals surface area contributed by atoms with Crippen LogP contribution in [0.3, 0.4) is 0 Å². The van der Waals surface area contributed by atoms with E-state index in [1.54, 1.807) is 31.5 Å². The number of methoxy groups -OCH3 is 1. The number of amides is 4. The Bertz CT molecular complexity index is 2310. The SMILES string of the molecule is COc1cc(N2CCN(C(=O)CCCCCCCc3cccc4c3CN(C3CCC(=O)NC3=O)C4=O)CC2)ccc1Cc1ncc(Cl)c(Cc2ccccc2P(C)(C)=O)n1. The number of benzene rings is 3. The average molecular weight is 853 g/mol. The van der Waals surface area contributed by atoms with Gasteiger partial charge in [0.05, 0.1) is 17.8 Å². The standard InChI is InChI=1S/C46H54ClN6O6P/c1-59-40-28-34(19-18-32(40)27-42-48-29-37(47)38(49-42)26-33-13-9-10-16-41(33)60(2,3)58)51-22-24-52(25-23-51)44(55)17-8-6-4-5-7-12-31-14-11-15-35-36(31)30-53(46(35)57)39-20-21-43(54)50-45(39)56/h9-11,13-16,18-19,28-29,39H,4-8,12,17,20-27,30H2,1-3H3,(H,50,54,56). The summed E-state index contributed by atoms with van der Waals surface area (Å²) in [6.07, 6.45) is 9.47. The van der Waals surface area contributed by atoms with Gasteiger partial charge in [-0.25, -0.2) is 9.97 Å². The van der Waals surface area contributed by atoms with E-state index in [1.165, 1.54) is 0 Å². The smallest absolute Gasteiger partial charge is 0.255 e. The number of carbonyl (C=O) groups excluding carboxylic acids is 4. The molecule has 1 N–H and O–H groups in total. The molecule has 4 amide bonds. The maximum absolute atomic E-state index is 13.1. The normalized spacial score (nSPS) is 16.9. The number of unbranched alkanes of at least 4 members (excludes halogenated alkanes) is 4. The fraction of sp³-hybridized carbons (Fsp3) is 0.435. The number of piperazine rings is 1. The molecule has 7 rings (SSSR count). The second-order valence-corrected chi connectivity index (χ2v) is 20.0. The number of halogens is 1. The van der Waals surface area contributed by atoms with Gasteiger partial charge in [-0.3, -0.25) is 24.5 Å². The monoisotopic (exact) mass is 852 g/mol. The number of carbonyl (C=O) groups is 4. The van der Waals surface area contributed by atoms with Gasteiger partial charge >= 0.3 is 0 Å². The highest BCUT2D eigenvalue weighted by Crippen LogP contribution is 2.37. The van der Waals surface area contributed by atoms with Gasteiger partial charge in [0.1, 0.15) is 24.8 Å². The largest absolute Gasteiger partial charge is 0.496 e. The summed E-state index contributed by atoms with van der Waals surface area (Å²) < 4.78 is 18.8. The molecule has 1 atom stereocenters. The second-order valence-electron chi connectivity index (χ2n) is 16.4. The predicted molar refractivity (Wildman–Crippen MR) is 234 cm³/mol. The Morgan fingerprint density at radius 1 is 0.900 bits per heavy atom. The van der Waals surface area contributed by atoms with Crippen LogP contribution in [0.1, 0.15) is 95.5 Å². The van der Waals surface area contributed by atoms with Crippen LogP contribution in [0.25, 0.3) is 0 Å². The van der Waals surface area contributed by atoms with E-state index in [0.29, 0.717) is 67.4 Å². The summed E-state index contributed by atoms with van der Waals surface area (Å²) in [7, 11) is -0.819. The fourth-order valence-electron chi connectivity index (χ4n) is 8.64. The number of nitrogens with one attached hydrogen (secondary N) is 1. The van der Waals surface area contributed by atoms with Crippen LogP contribution in [0.4, 0.5) is 5.69 Å². The van der Waals surface area contributed by atoms with E-state index in [2.05, 4.69) is 27.3 Å². The molecule has 2 saturated heterocycles. The number of rotatable bonds is 16. The molecule has 0 radical (unpaired) electrons. The number of ether oxygens (including phenoxy) is 1. The Morgan fingerprint density at radius 2 is 1.65 bits per heavy atom. The van der Waals surface area contributed by atoms with Gasteiger partial charge in [-0.05, 0) is 67.8 Å². The van der Waals surface area contributed by atoms with Crippen molar-refractivity contribution in [3.05, 3.63) is 111 Å². The lowest BCUT2D eigenvalue weighted by molar-refractivity contribution is -0.137. The Labute approximate surface area is 357 Å². The van der Waals surface area contributed by atoms with Gasteiger partial charge in [0.2, 0.25) is 17.7 Å². The molecule has 0 aliphatic carbocycles. The third kappa shape index (κ3) is 10.1. The molecule has 12 nitrogen and oxygen atoms in total. The highest BCUT2D eigenvalue weighted by atomic mass is 35.5. The molecule has 4 heterocycles. The lowest BCUT2D eigenvalue weighted by atomic mass is 9.98. The summed E-state index contributed by atoms with van der Waals surface area (Å²) in [5.74, 6) is 0.757. The number of hydrogen-bond acceptors (Lipinski definition) is 9. The van der Waals surface area contributed by atoms with Crippen molar-refractivity contribution in [2.75, 3.05) is 51.5 Å². The first-order chi connectivity index (χ1) is 28.9. The maximum Gasteiger partial charge on any atom is 0.255 e. The number of imide groups is 1.